The molecule has 2 saturated heterocycles. The van der Waals surface area contributed by atoms with E-state index in [1.165, 1.54) is 36.0 Å². The number of hydrogen-bond acceptors (Lipinski definition) is 7. The molecule has 3 N–H and O–H groups in total. The quantitative estimate of drug-likeness (QED) is 0.466. The van der Waals surface area contributed by atoms with Crippen LogP contribution >= 0.6 is 11.8 Å². The van der Waals surface area contributed by atoms with Gasteiger partial charge in [0.05, 0.1) is 17.1 Å². The second kappa shape index (κ2) is 11.6. The van der Waals surface area contributed by atoms with Crippen LogP contribution in [0.25, 0.3) is 0 Å². The molecule has 2 fully saturated rings. The van der Waals surface area contributed by atoms with Gasteiger partial charge in [-0.2, -0.15) is 0 Å². The number of carbonyl (C=O) groups is 3. The van der Waals surface area contributed by atoms with Crippen LogP contribution in [-0.2, 0) is 9.59 Å². The summed E-state index contributed by atoms with van der Waals surface area (Å²) >= 11 is 1.52. The molecular formula is C25H34FN5O3S. The van der Waals surface area contributed by atoms with Crippen LogP contribution in [0.15, 0.2) is 29.3 Å². The number of hydrogen-bond donors (Lipinski definition) is 3. The van der Waals surface area contributed by atoms with Gasteiger partial charge in [0.1, 0.15) is 17.9 Å². The van der Waals surface area contributed by atoms with E-state index < -0.39 is 18.1 Å². The molecule has 3 unspecified atom stereocenters. The third-order valence-corrected chi connectivity index (χ3v) is 8.33. The fourth-order valence-corrected chi connectivity index (χ4v) is 6.14. The molecule has 0 aromatic heterocycles. The number of halogens is 1. The lowest BCUT2D eigenvalue weighted by atomic mass is 9.89. The average Bonchev–Trinajstić information content (AvgIpc) is 3.56. The van der Waals surface area contributed by atoms with E-state index in [2.05, 4.69) is 16.0 Å². The van der Waals surface area contributed by atoms with Crippen LogP contribution in [0.1, 0.15) is 43.0 Å². The number of thioether (sulfide) groups is 1. The first kappa shape index (κ1) is 25.8. The van der Waals surface area contributed by atoms with E-state index in [4.69, 9.17) is 4.99 Å². The topological polar surface area (TPSA) is 103 Å². The number of likely N-dealkylation sites (N-methyl/N-ethyl adjacent to an activating group) is 1. The van der Waals surface area contributed by atoms with E-state index in [9.17, 15) is 18.8 Å². The van der Waals surface area contributed by atoms with Gasteiger partial charge < -0.3 is 20.9 Å². The lowest BCUT2D eigenvalue weighted by Gasteiger charge is -2.35. The molecule has 4 atom stereocenters. The van der Waals surface area contributed by atoms with Gasteiger partial charge in [0.15, 0.2) is 5.78 Å². The van der Waals surface area contributed by atoms with Gasteiger partial charge >= 0.3 is 0 Å². The SMILES string of the molecule is CN[C@@H](C)C(=O)NC(C(=O)N1CCCC1C1=NC(C(=O)c2ccc(F)cc2)CS1)C1CCNCC1. The molecule has 3 heterocycles. The summed E-state index contributed by atoms with van der Waals surface area (Å²) < 4.78 is 13.2. The number of Topliss-reactive ketones (excluding diaryl/α,β-unsaturated/α-hetero) is 1. The normalized spacial score (nSPS) is 24.7. The first-order valence-electron chi connectivity index (χ1n) is 12.4. The number of nitrogens with one attached hydrogen (secondary N) is 3. The van der Waals surface area contributed by atoms with Crippen molar-refractivity contribution >= 4 is 34.4 Å². The van der Waals surface area contributed by atoms with Crippen LogP contribution in [0.5, 0.6) is 0 Å². The molecule has 10 heteroatoms. The molecule has 0 aliphatic carbocycles. The van der Waals surface area contributed by atoms with E-state index in [1.54, 1.807) is 14.0 Å². The third-order valence-electron chi connectivity index (χ3n) is 7.17. The Balaban J connectivity index is 1.50. The van der Waals surface area contributed by atoms with Crippen LogP contribution in [0, 0.1) is 11.7 Å². The van der Waals surface area contributed by atoms with Gasteiger partial charge in [-0.1, -0.05) is 0 Å². The number of ketones is 1. The molecule has 1 aromatic rings. The number of carbonyl (C=O) groups excluding carboxylic acids is 3. The zero-order valence-corrected chi connectivity index (χ0v) is 21.1. The van der Waals surface area contributed by atoms with Crippen molar-refractivity contribution < 1.29 is 18.8 Å². The summed E-state index contributed by atoms with van der Waals surface area (Å²) in [5, 5.41) is 10.1. The zero-order chi connectivity index (χ0) is 24.9. The van der Waals surface area contributed by atoms with E-state index in [0.717, 1.165) is 43.8 Å². The van der Waals surface area contributed by atoms with Crippen molar-refractivity contribution in [3.8, 4) is 0 Å². The van der Waals surface area contributed by atoms with Crippen molar-refractivity contribution in [1.82, 2.24) is 20.9 Å². The van der Waals surface area contributed by atoms with Crippen LogP contribution < -0.4 is 16.0 Å². The second-order valence-corrected chi connectivity index (χ2v) is 10.5. The maximum atomic E-state index is 13.8. The molecule has 4 rings (SSSR count). The highest BCUT2D eigenvalue weighted by atomic mass is 32.2. The molecule has 3 aliphatic rings. The smallest absolute Gasteiger partial charge is 0.246 e. The number of piperidine rings is 1. The molecular weight excluding hydrogens is 469 g/mol. The Morgan fingerprint density at radius 1 is 1.17 bits per heavy atom. The van der Waals surface area contributed by atoms with Gasteiger partial charge in [-0.05, 0) is 82.9 Å². The predicted octanol–water partition coefficient (Wildman–Crippen LogP) is 1.61. The van der Waals surface area contributed by atoms with E-state index >= 15 is 0 Å². The lowest BCUT2D eigenvalue weighted by molar-refractivity contribution is -0.138. The van der Waals surface area contributed by atoms with E-state index in [-0.39, 0.29) is 35.4 Å². The minimum Gasteiger partial charge on any atom is -0.343 e. The number of nitrogens with zero attached hydrogens (tertiary/aromatic N) is 2. The number of aliphatic imine (C=N–C) groups is 1. The number of amides is 2. The summed E-state index contributed by atoms with van der Waals surface area (Å²) in [5.74, 6) is -0.178. The summed E-state index contributed by atoms with van der Waals surface area (Å²) in [6, 6.07) is 3.84. The Morgan fingerprint density at radius 3 is 2.57 bits per heavy atom. The summed E-state index contributed by atoms with van der Waals surface area (Å²) in [7, 11) is 1.72. The van der Waals surface area contributed by atoms with Gasteiger partial charge in [-0.25, -0.2) is 4.39 Å². The number of benzene rings is 1. The molecule has 190 valence electrons. The highest BCUT2D eigenvalue weighted by Gasteiger charge is 2.42. The maximum Gasteiger partial charge on any atom is 0.246 e. The zero-order valence-electron chi connectivity index (χ0n) is 20.3. The summed E-state index contributed by atoms with van der Waals surface area (Å²) in [5.41, 5.74) is 0.439. The molecule has 0 saturated carbocycles. The van der Waals surface area contributed by atoms with Crippen molar-refractivity contribution in [3.05, 3.63) is 35.6 Å². The maximum absolute atomic E-state index is 13.8. The van der Waals surface area contributed by atoms with Crippen molar-refractivity contribution in [1.29, 1.82) is 0 Å². The molecule has 35 heavy (non-hydrogen) atoms. The summed E-state index contributed by atoms with van der Waals surface area (Å²) in [6.45, 7) is 4.04. The average molecular weight is 504 g/mol. The standard InChI is InChI=1S/C25H34FN5O3S/c1-15(27-2)23(33)30-21(16-9-11-28-12-10-16)25(34)31-13-3-4-20(31)24-29-19(14-35-24)22(32)17-5-7-18(26)8-6-17/h5-8,15-16,19-21,27-28H,3-4,9-14H2,1-2H3,(H,30,33)/t15-,19?,20?,21?/m0/s1. The summed E-state index contributed by atoms with van der Waals surface area (Å²) in [4.78, 5) is 46.0. The van der Waals surface area contributed by atoms with Crippen molar-refractivity contribution in [3.63, 3.8) is 0 Å². The van der Waals surface area contributed by atoms with Crippen LogP contribution in [-0.4, -0.2) is 84.1 Å². The van der Waals surface area contributed by atoms with Crippen LogP contribution in [0.4, 0.5) is 4.39 Å². The largest absolute Gasteiger partial charge is 0.343 e. The van der Waals surface area contributed by atoms with Gasteiger partial charge in [-0.3, -0.25) is 19.4 Å². The van der Waals surface area contributed by atoms with Gasteiger partial charge in [0.25, 0.3) is 0 Å². The lowest BCUT2D eigenvalue weighted by Crippen LogP contribution is -2.58. The molecule has 3 aliphatic heterocycles. The summed E-state index contributed by atoms with van der Waals surface area (Å²) in [6.07, 6.45) is 3.29. The molecule has 0 spiro atoms. The number of rotatable bonds is 8. The first-order valence-corrected chi connectivity index (χ1v) is 13.4. The van der Waals surface area contributed by atoms with Crippen molar-refractivity contribution in [2.75, 3.05) is 32.4 Å². The van der Waals surface area contributed by atoms with E-state index in [1.807, 2.05) is 4.90 Å². The van der Waals surface area contributed by atoms with Gasteiger partial charge in [0, 0.05) is 17.9 Å². The number of likely N-dealkylation sites (tertiary alicyclic amines) is 1. The fourth-order valence-electron chi connectivity index (χ4n) is 4.95. The van der Waals surface area contributed by atoms with E-state index in [0.29, 0.717) is 17.9 Å². The molecule has 0 radical (unpaired) electrons. The second-order valence-electron chi connectivity index (χ2n) is 9.44. The monoisotopic (exact) mass is 503 g/mol. The van der Waals surface area contributed by atoms with Crippen molar-refractivity contribution in [2.24, 2.45) is 10.9 Å². The molecule has 2 amide bonds. The molecule has 0 bridgehead atoms. The molecule has 1 aromatic carbocycles. The highest BCUT2D eigenvalue weighted by molar-refractivity contribution is 8.14. The highest BCUT2D eigenvalue weighted by Crippen LogP contribution is 2.31. The molecule has 8 nitrogen and oxygen atoms in total. The van der Waals surface area contributed by atoms with Gasteiger partial charge in [-0.15, -0.1) is 11.8 Å². The van der Waals surface area contributed by atoms with Gasteiger partial charge in [0.2, 0.25) is 11.8 Å². The minimum absolute atomic E-state index is 0.0623. The van der Waals surface area contributed by atoms with Crippen molar-refractivity contribution in [2.45, 2.75) is 56.8 Å². The Kier molecular flexibility index (Phi) is 8.56. The Labute approximate surface area is 209 Å². The Morgan fingerprint density at radius 2 is 1.89 bits per heavy atom. The predicted molar refractivity (Wildman–Crippen MR) is 135 cm³/mol. The third kappa shape index (κ3) is 5.92. The van der Waals surface area contributed by atoms with Crippen LogP contribution in [0.2, 0.25) is 0 Å². The minimum atomic E-state index is -0.579. The Hall–Kier alpha value is -2.30. The first-order chi connectivity index (χ1) is 16.9. The Bertz CT molecular complexity index is 966. The van der Waals surface area contributed by atoms with Crippen LogP contribution in [0.3, 0.4) is 0 Å². The fraction of sp³-hybridized carbons (Fsp3) is 0.600.